The Morgan fingerprint density at radius 3 is 2.18 bits per heavy atom. The molecule has 4 N–H and O–H groups in total. The summed E-state index contributed by atoms with van der Waals surface area (Å²) in [5, 5.41) is 0. The number of nitrogens with two attached hydrogens (primary N) is 2. The van der Waals surface area contributed by atoms with Gasteiger partial charge in [-0.3, -0.25) is 4.79 Å². The highest BCUT2D eigenvalue weighted by Crippen LogP contribution is 2.22. The van der Waals surface area contributed by atoms with Gasteiger partial charge in [0.2, 0.25) is 5.91 Å². The number of hydrogen-bond donors (Lipinski definition) is 2. The van der Waals surface area contributed by atoms with Gasteiger partial charge in [0.25, 0.3) is 0 Å². The van der Waals surface area contributed by atoms with E-state index in [4.69, 9.17) is 11.5 Å². The average Bonchev–Trinajstić information content (AvgIpc) is 1.88. The Balaban J connectivity index is 0.000001000. The molecule has 0 radical (unpaired) electrons. The Labute approximate surface area is 72.9 Å². The van der Waals surface area contributed by atoms with Crippen LogP contribution in [0.25, 0.3) is 0 Å². The Morgan fingerprint density at radius 2 is 1.82 bits per heavy atom. The van der Waals surface area contributed by atoms with Gasteiger partial charge < -0.3 is 11.5 Å². The van der Waals surface area contributed by atoms with Crippen LogP contribution in [0.5, 0.6) is 0 Å². The summed E-state index contributed by atoms with van der Waals surface area (Å²) in [7, 11) is 0. The number of hydrogen-bond acceptors (Lipinski definition) is 2. The van der Waals surface area contributed by atoms with Gasteiger partial charge >= 0.3 is 0 Å². The number of carbonyl (C=O) groups is 1. The van der Waals surface area contributed by atoms with E-state index in [1.165, 1.54) is 0 Å². The second-order valence-corrected chi connectivity index (χ2v) is 2.96. The fourth-order valence-corrected chi connectivity index (χ4v) is 1.51. The third kappa shape index (κ3) is 2.67. The molecule has 2 atom stereocenters. The lowest BCUT2D eigenvalue weighted by atomic mass is 9.85. The van der Waals surface area contributed by atoms with E-state index in [1.807, 2.05) is 0 Å². The molecule has 0 aromatic heterocycles. The van der Waals surface area contributed by atoms with E-state index in [-0.39, 0.29) is 30.3 Å². The van der Waals surface area contributed by atoms with Crippen LogP contribution in [0.2, 0.25) is 0 Å². The molecule has 4 heteroatoms. The predicted octanol–water partition coefficient (Wildman–Crippen LogP) is 0.411. The van der Waals surface area contributed by atoms with Crippen LogP contribution in [0.15, 0.2) is 0 Å². The molecule has 0 aliphatic heterocycles. The highest BCUT2D eigenvalue weighted by molar-refractivity contribution is 5.85. The van der Waals surface area contributed by atoms with Crippen LogP contribution in [0.4, 0.5) is 0 Å². The second-order valence-electron chi connectivity index (χ2n) is 2.96. The zero-order valence-corrected chi connectivity index (χ0v) is 7.27. The number of halogens is 1. The van der Waals surface area contributed by atoms with Gasteiger partial charge in [-0.1, -0.05) is 12.8 Å². The molecule has 1 saturated carbocycles. The van der Waals surface area contributed by atoms with Gasteiger partial charge in [0.15, 0.2) is 0 Å². The SMILES string of the molecule is Cl.NC(=O)[C@@H]1CCCC[C@@H]1N. The number of carbonyl (C=O) groups excluding carboxylic acids is 1. The maximum Gasteiger partial charge on any atom is 0.222 e. The zero-order chi connectivity index (χ0) is 7.56. The van der Waals surface area contributed by atoms with Crippen molar-refractivity contribution in [3.8, 4) is 0 Å². The third-order valence-corrected chi connectivity index (χ3v) is 2.18. The molecule has 0 heterocycles. The summed E-state index contributed by atoms with van der Waals surface area (Å²) in [4.78, 5) is 10.7. The van der Waals surface area contributed by atoms with Gasteiger partial charge in [-0.15, -0.1) is 12.4 Å². The van der Waals surface area contributed by atoms with Crippen LogP contribution in [-0.2, 0) is 4.79 Å². The molecule has 0 aromatic rings. The Bertz CT molecular complexity index is 140. The van der Waals surface area contributed by atoms with Crippen molar-refractivity contribution < 1.29 is 4.79 Å². The maximum absolute atomic E-state index is 10.7. The third-order valence-electron chi connectivity index (χ3n) is 2.18. The van der Waals surface area contributed by atoms with Gasteiger partial charge in [-0.25, -0.2) is 0 Å². The van der Waals surface area contributed by atoms with E-state index in [0.29, 0.717) is 0 Å². The van der Waals surface area contributed by atoms with E-state index in [9.17, 15) is 4.79 Å². The largest absolute Gasteiger partial charge is 0.369 e. The molecular formula is C7H15ClN2O. The minimum Gasteiger partial charge on any atom is -0.369 e. The monoisotopic (exact) mass is 178 g/mol. The van der Waals surface area contributed by atoms with E-state index in [2.05, 4.69) is 0 Å². The van der Waals surface area contributed by atoms with Crippen LogP contribution in [0.1, 0.15) is 25.7 Å². The number of amides is 1. The molecule has 0 spiro atoms. The van der Waals surface area contributed by atoms with E-state index < -0.39 is 0 Å². The number of primary amides is 1. The number of rotatable bonds is 1. The van der Waals surface area contributed by atoms with Crippen LogP contribution >= 0.6 is 12.4 Å². The minimum absolute atomic E-state index is 0. The molecule has 0 saturated heterocycles. The molecule has 0 aromatic carbocycles. The van der Waals surface area contributed by atoms with Gasteiger partial charge in [0.1, 0.15) is 0 Å². The first-order valence-corrected chi connectivity index (χ1v) is 3.76. The summed E-state index contributed by atoms with van der Waals surface area (Å²) in [6.45, 7) is 0. The smallest absolute Gasteiger partial charge is 0.222 e. The van der Waals surface area contributed by atoms with Crippen LogP contribution < -0.4 is 11.5 Å². The molecule has 0 unspecified atom stereocenters. The quantitative estimate of drug-likeness (QED) is 0.611. The fraction of sp³-hybridized carbons (Fsp3) is 0.857. The van der Waals surface area contributed by atoms with Gasteiger partial charge in [-0.05, 0) is 12.8 Å². The van der Waals surface area contributed by atoms with E-state index >= 15 is 0 Å². The van der Waals surface area contributed by atoms with Crippen molar-refractivity contribution in [1.29, 1.82) is 0 Å². The lowest BCUT2D eigenvalue weighted by Gasteiger charge is -2.25. The van der Waals surface area contributed by atoms with Crippen molar-refractivity contribution in [3.63, 3.8) is 0 Å². The van der Waals surface area contributed by atoms with Crippen LogP contribution in [0.3, 0.4) is 0 Å². The topological polar surface area (TPSA) is 69.1 Å². The van der Waals surface area contributed by atoms with Crippen molar-refractivity contribution in [2.24, 2.45) is 17.4 Å². The Morgan fingerprint density at radius 1 is 1.27 bits per heavy atom. The predicted molar refractivity (Wildman–Crippen MR) is 46.4 cm³/mol. The van der Waals surface area contributed by atoms with E-state index in [0.717, 1.165) is 25.7 Å². The molecule has 3 nitrogen and oxygen atoms in total. The summed E-state index contributed by atoms with van der Waals surface area (Å²) < 4.78 is 0. The van der Waals surface area contributed by atoms with E-state index in [1.54, 1.807) is 0 Å². The summed E-state index contributed by atoms with van der Waals surface area (Å²) in [6, 6.07) is 0.0197. The lowest BCUT2D eigenvalue weighted by Crippen LogP contribution is -2.41. The lowest BCUT2D eigenvalue weighted by molar-refractivity contribution is -0.123. The molecule has 0 bridgehead atoms. The highest BCUT2D eigenvalue weighted by Gasteiger charge is 2.25. The Hall–Kier alpha value is -0.280. The fourth-order valence-electron chi connectivity index (χ4n) is 1.51. The molecule has 1 fully saturated rings. The summed E-state index contributed by atoms with van der Waals surface area (Å²) >= 11 is 0. The standard InChI is InChI=1S/C7H14N2O.ClH/c8-6-4-2-1-3-5(6)7(9)10;/h5-6H,1-4,8H2,(H2,9,10);1H/t5-,6+;/m1./s1. The average molecular weight is 179 g/mol. The molecule has 1 aliphatic rings. The van der Waals surface area contributed by atoms with Crippen molar-refractivity contribution in [2.45, 2.75) is 31.7 Å². The van der Waals surface area contributed by atoms with Gasteiger partial charge in [0, 0.05) is 6.04 Å². The van der Waals surface area contributed by atoms with Crippen LogP contribution in [-0.4, -0.2) is 11.9 Å². The van der Waals surface area contributed by atoms with Crippen molar-refractivity contribution in [1.82, 2.24) is 0 Å². The summed E-state index contributed by atoms with van der Waals surface area (Å²) in [5.74, 6) is -0.291. The first-order valence-electron chi connectivity index (χ1n) is 3.76. The zero-order valence-electron chi connectivity index (χ0n) is 6.45. The van der Waals surface area contributed by atoms with Gasteiger partial charge in [-0.2, -0.15) is 0 Å². The molecule has 66 valence electrons. The van der Waals surface area contributed by atoms with Crippen molar-refractivity contribution in [2.75, 3.05) is 0 Å². The Kier molecular flexibility index (Phi) is 4.45. The molecule has 11 heavy (non-hydrogen) atoms. The minimum atomic E-state index is -0.229. The van der Waals surface area contributed by atoms with Crippen molar-refractivity contribution >= 4 is 18.3 Å². The summed E-state index contributed by atoms with van der Waals surface area (Å²) in [6.07, 6.45) is 4.08. The van der Waals surface area contributed by atoms with Crippen LogP contribution in [0, 0.1) is 5.92 Å². The van der Waals surface area contributed by atoms with Crippen molar-refractivity contribution in [3.05, 3.63) is 0 Å². The first-order chi connectivity index (χ1) is 4.72. The molecule has 1 rings (SSSR count). The normalized spacial score (nSPS) is 30.6. The molecule has 1 amide bonds. The highest BCUT2D eigenvalue weighted by atomic mass is 35.5. The van der Waals surface area contributed by atoms with Gasteiger partial charge in [0.05, 0.1) is 5.92 Å². The molecular weight excluding hydrogens is 164 g/mol. The second kappa shape index (κ2) is 4.57. The molecule has 1 aliphatic carbocycles. The maximum atomic E-state index is 10.7. The summed E-state index contributed by atoms with van der Waals surface area (Å²) in [5.41, 5.74) is 10.8. The first kappa shape index (κ1) is 10.7.